The first-order valence-electron chi connectivity index (χ1n) is 6.30. The number of carbonyl (C=O) groups excluding carboxylic acids is 1. The van der Waals surface area contributed by atoms with Gasteiger partial charge in [0.1, 0.15) is 4.90 Å². The standard InChI is InChI=1S/C15H14BrNO4S/c1-17(12-6-4-3-5-7-12)22(19,20)14-9-8-11(16)10-13(14)15(18)21-2/h3-10H,1-2H3. The SMILES string of the molecule is COC(=O)c1cc(Br)ccc1S(=O)(=O)N(C)c1ccccc1. The van der Waals surface area contributed by atoms with Crippen molar-refractivity contribution in [2.24, 2.45) is 0 Å². The van der Waals surface area contributed by atoms with Crippen molar-refractivity contribution < 1.29 is 17.9 Å². The van der Waals surface area contributed by atoms with Crippen LogP contribution in [-0.4, -0.2) is 28.5 Å². The molecule has 0 heterocycles. The van der Waals surface area contributed by atoms with Crippen molar-refractivity contribution >= 4 is 37.6 Å². The van der Waals surface area contributed by atoms with E-state index in [2.05, 4.69) is 20.7 Å². The van der Waals surface area contributed by atoms with Gasteiger partial charge in [0.15, 0.2) is 0 Å². The fourth-order valence-corrected chi connectivity index (χ4v) is 3.64. The molecule has 0 N–H and O–H groups in total. The van der Waals surface area contributed by atoms with Crippen LogP contribution in [0.25, 0.3) is 0 Å². The Hall–Kier alpha value is -1.86. The summed E-state index contributed by atoms with van der Waals surface area (Å²) in [5.41, 5.74) is 0.487. The molecule has 0 bridgehead atoms. The number of carbonyl (C=O) groups is 1. The Bertz CT molecular complexity index is 790. The fraction of sp³-hybridized carbons (Fsp3) is 0.133. The number of hydrogen-bond donors (Lipinski definition) is 0. The number of sulfonamides is 1. The molecule has 0 spiro atoms. The highest BCUT2D eigenvalue weighted by atomic mass is 79.9. The van der Waals surface area contributed by atoms with E-state index in [1.807, 2.05) is 0 Å². The van der Waals surface area contributed by atoms with Gasteiger partial charge in [-0.05, 0) is 30.3 Å². The molecule has 0 unspecified atom stereocenters. The number of anilines is 1. The van der Waals surface area contributed by atoms with E-state index in [-0.39, 0.29) is 10.5 Å². The van der Waals surface area contributed by atoms with Crippen molar-refractivity contribution in [3.8, 4) is 0 Å². The maximum atomic E-state index is 12.8. The zero-order valence-electron chi connectivity index (χ0n) is 12.0. The molecule has 0 amide bonds. The van der Waals surface area contributed by atoms with Crippen LogP contribution in [0.5, 0.6) is 0 Å². The quantitative estimate of drug-likeness (QED) is 0.761. The lowest BCUT2D eigenvalue weighted by molar-refractivity contribution is 0.0596. The van der Waals surface area contributed by atoms with Crippen LogP contribution < -0.4 is 4.31 Å². The number of rotatable bonds is 4. The molecule has 5 nitrogen and oxygen atoms in total. The summed E-state index contributed by atoms with van der Waals surface area (Å²) >= 11 is 3.23. The highest BCUT2D eigenvalue weighted by Gasteiger charge is 2.27. The fourth-order valence-electron chi connectivity index (χ4n) is 1.92. The Morgan fingerprint density at radius 2 is 1.77 bits per heavy atom. The van der Waals surface area contributed by atoms with Crippen molar-refractivity contribution in [3.05, 3.63) is 58.6 Å². The topological polar surface area (TPSA) is 63.7 Å². The maximum Gasteiger partial charge on any atom is 0.339 e. The average molecular weight is 384 g/mol. The largest absolute Gasteiger partial charge is 0.465 e. The van der Waals surface area contributed by atoms with Gasteiger partial charge in [0, 0.05) is 11.5 Å². The molecule has 0 fully saturated rings. The lowest BCUT2D eigenvalue weighted by Gasteiger charge is -2.20. The Balaban J connectivity index is 2.57. The highest BCUT2D eigenvalue weighted by molar-refractivity contribution is 9.10. The summed E-state index contributed by atoms with van der Waals surface area (Å²) < 4.78 is 32.0. The molecule has 2 aromatic carbocycles. The van der Waals surface area contributed by atoms with Gasteiger partial charge >= 0.3 is 5.97 Å². The number of para-hydroxylation sites is 1. The molecule has 22 heavy (non-hydrogen) atoms. The molecule has 0 aromatic heterocycles. The van der Waals surface area contributed by atoms with Crippen LogP contribution in [0, 0.1) is 0 Å². The van der Waals surface area contributed by atoms with Crippen molar-refractivity contribution in [3.63, 3.8) is 0 Å². The monoisotopic (exact) mass is 383 g/mol. The van der Waals surface area contributed by atoms with E-state index in [0.717, 1.165) is 4.31 Å². The summed E-state index contributed by atoms with van der Waals surface area (Å²) in [5.74, 6) is -0.707. The number of hydrogen-bond acceptors (Lipinski definition) is 4. The van der Waals surface area contributed by atoms with E-state index in [1.54, 1.807) is 36.4 Å². The third kappa shape index (κ3) is 3.15. The predicted octanol–water partition coefficient (Wildman–Crippen LogP) is 3.06. The van der Waals surface area contributed by atoms with Gasteiger partial charge in [-0.2, -0.15) is 0 Å². The molecular formula is C15H14BrNO4S. The Morgan fingerprint density at radius 3 is 2.36 bits per heavy atom. The normalized spacial score (nSPS) is 11.0. The first-order chi connectivity index (χ1) is 10.4. The molecule has 0 aliphatic rings. The van der Waals surface area contributed by atoms with Crippen LogP contribution in [0.4, 0.5) is 5.69 Å². The molecule has 0 aliphatic carbocycles. The lowest BCUT2D eigenvalue weighted by atomic mass is 10.2. The molecule has 2 rings (SSSR count). The summed E-state index contributed by atoms with van der Waals surface area (Å²) in [6.45, 7) is 0. The highest BCUT2D eigenvalue weighted by Crippen LogP contribution is 2.27. The number of ether oxygens (including phenoxy) is 1. The van der Waals surface area contributed by atoms with Crippen LogP contribution in [0.1, 0.15) is 10.4 Å². The van der Waals surface area contributed by atoms with E-state index < -0.39 is 16.0 Å². The smallest absolute Gasteiger partial charge is 0.339 e. The molecule has 2 aromatic rings. The summed E-state index contributed by atoms with van der Waals surface area (Å²) in [7, 11) is -1.24. The molecule has 0 atom stereocenters. The van der Waals surface area contributed by atoms with Crippen LogP contribution in [0.15, 0.2) is 57.9 Å². The summed E-state index contributed by atoms with van der Waals surface area (Å²) in [5, 5.41) is 0. The third-order valence-electron chi connectivity index (χ3n) is 3.11. The van der Waals surface area contributed by atoms with E-state index in [9.17, 15) is 13.2 Å². The molecule has 7 heteroatoms. The van der Waals surface area contributed by atoms with Gasteiger partial charge in [-0.3, -0.25) is 4.31 Å². The number of nitrogens with zero attached hydrogens (tertiary/aromatic N) is 1. The van der Waals surface area contributed by atoms with Gasteiger partial charge in [-0.15, -0.1) is 0 Å². The Kier molecular flexibility index (Phi) is 4.87. The third-order valence-corrected chi connectivity index (χ3v) is 5.44. The van der Waals surface area contributed by atoms with Gasteiger partial charge in [-0.25, -0.2) is 13.2 Å². The maximum absolute atomic E-state index is 12.8. The van der Waals surface area contributed by atoms with Crippen LogP contribution in [0.3, 0.4) is 0 Å². The van der Waals surface area contributed by atoms with E-state index in [4.69, 9.17) is 0 Å². The minimum atomic E-state index is -3.88. The molecule has 0 aliphatic heterocycles. The minimum absolute atomic E-state index is 0.0142. The van der Waals surface area contributed by atoms with Gasteiger partial charge in [0.25, 0.3) is 10.0 Å². The van der Waals surface area contributed by atoms with Crippen LogP contribution in [0.2, 0.25) is 0 Å². The van der Waals surface area contributed by atoms with Gasteiger partial charge in [0.05, 0.1) is 18.4 Å². The average Bonchev–Trinajstić information content (AvgIpc) is 2.53. The minimum Gasteiger partial charge on any atom is -0.465 e. The van der Waals surface area contributed by atoms with Crippen LogP contribution >= 0.6 is 15.9 Å². The van der Waals surface area contributed by atoms with Crippen LogP contribution in [-0.2, 0) is 14.8 Å². The molecular weight excluding hydrogens is 370 g/mol. The van der Waals surface area contributed by atoms with E-state index in [0.29, 0.717) is 10.2 Å². The zero-order chi connectivity index (χ0) is 16.3. The molecule has 0 saturated carbocycles. The van der Waals surface area contributed by atoms with Gasteiger partial charge < -0.3 is 4.74 Å². The van der Waals surface area contributed by atoms with E-state index in [1.165, 1.54) is 26.3 Å². The molecule has 0 saturated heterocycles. The van der Waals surface area contributed by atoms with Crippen molar-refractivity contribution in [1.29, 1.82) is 0 Å². The number of methoxy groups -OCH3 is 1. The second kappa shape index (κ2) is 6.50. The number of benzene rings is 2. The Morgan fingerprint density at radius 1 is 1.14 bits per heavy atom. The first kappa shape index (κ1) is 16.5. The summed E-state index contributed by atoms with van der Waals surface area (Å²) in [4.78, 5) is 11.8. The van der Waals surface area contributed by atoms with E-state index >= 15 is 0 Å². The van der Waals surface area contributed by atoms with Gasteiger partial charge in [-0.1, -0.05) is 34.1 Å². The summed E-state index contributed by atoms with van der Waals surface area (Å²) in [6.07, 6.45) is 0. The Labute approximate surface area is 137 Å². The zero-order valence-corrected chi connectivity index (χ0v) is 14.4. The lowest BCUT2D eigenvalue weighted by Crippen LogP contribution is -2.28. The van der Waals surface area contributed by atoms with Crippen molar-refractivity contribution in [2.75, 3.05) is 18.5 Å². The predicted molar refractivity (Wildman–Crippen MR) is 87.5 cm³/mol. The second-order valence-corrected chi connectivity index (χ2v) is 7.29. The second-order valence-electron chi connectivity index (χ2n) is 4.44. The first-order valence-corrected chi connectivity index (χ1v) is 8.53. The van der Waals surface area contributed by atoms with Crippen molar-refractivity contribution in [2.45, 2.75) is 4.90 Å². The van der Waals surface area contributed by atoms with Gasteiger partial charge in [0.2, 0.25) is 0 Å². The number of esters is 1. The molecule has 116 valence electrons. The summed E-state index contributed by atoms with van der Waals surface area (Å²) in [6, 6.07) is 13.0. The number of halogens is 1. The van der Waals surface area contributed by atoms with Crippen molar-refractivity contribution in [1.82, 2.24) is 0 Å². The molecule has 0 radical (unpaired) electrons.